The second kappa shape index (κ2) is 6.67. The van der Waals surface area contributed by atoms with Crippen molar-refractivity contribution in [2.45, 2.75) is 26.8 Å². The lowest BCUT2D eigenvalue weighted by molar-refractivity contribution is -0.384. The van der Waals surface area contributed by atoms with E-state index in [0.29, 0.717) is 30.1 Å². The van der Waals surface area contributed by atoms with Crippen LogP contribution in [0.4, 0.5) is 5.69 Å². The molecule has 0 heterocycles. The molecule has 20 heavy (non-hydrogen) atoms. The average Bonchev–Trinajstić information content (AvgIpc) is 2.36. The molecule has 0 saturated heterocycles. The standard InChI is InChI=1S/C13H17ClN2O4/c1-13(2,12(17)18)5-6-15-8-9-7-10(16(19)20)3-4-11(9)14/h3-4,7,15H,5-6,8H2,1-2H3,(H,17,18). The van der Waals surface area contributed by atoms with E-state index in [1.54, 1.807) is 13.8 Å². The summed E-state index contributed by atoms with van der Waals surface area (Å²) in [5.74, 6) is -0.854. The quantitative estimate of drug-likeness (QED) is 0.459. The second-order valence-electron chi connectivity index (χ2n) is 5.15. The van der Waals surface area contributed by atoms with Crippen molar-refractivity contribution in [2.24, 2.45) is 5.41 Å². The molecule has 1 aromatic rings. The SMILES string of the molecule is CC(C)(CCNCc1cc([N+](=O)[O-])ccc1Cl)C(=O)O. The van der Waals surface area contributed by atoms with Gasteiger partial charge < -0.3 is 10.4 Å². The topological polar surface area (TPSA) is 92.5 Å². The number of halogens is 1. The maximum atomic E-state index is 10.9. The Bertz CT molecular complexity index is 517. The molecule has 1 rings (SSSR count). The van der Waals surface area contributed by atoms with Crippen LogP contribution in [0.25, 0.3) is 0 Å². The van der Waals surface area contributed by atoms with Crippen molar-refractivity contribution in [3.05, 3.63) is 38.9 Å². The highest BCUT2D eigenvalue weighted by molar-refractivity contribution is 6.31. The number of nitrogens with one attached hydrogen (secondary N) is 1. The van der Waals surface area contributed by atoms with Gasteiger partial charge in [-0.15, -0.1) is 0 Å². The minimum absolute atomic E-state index is 0.0166. The van der Waals surface area contributed by atoms with E-state index in [-0.39, 0.29) is 5.69 Å². The molecule has 7 heteroatoms. The maximum Gasteiger partial charge on any atom is 0.309 e. The van der Waals surface area contributed by atoms with E-state index in [2.05, 4.69) is 5.32 Å². The lowest BCUT2D eigenvalue weighted by Gasteiger charge is -2.19. The van der Waals surface area contributed by atoms with Gasteiger partial charge in [0.25, 0.3) is 5.69 Å². The monoisotopic (exact) mass is 300 g/mol. The highest BCUT2D eigenvalue weighted by Gasteiger charge is 2.26. The van der Waals surface area contributed by atoms with Gasteiger partial charge in [-0.05, 0) is 38.4 Å². The van der Waals surface area contributed by atoms with Gasteiger partial charge in [-0.3, -0.25) is 14.9 Å². The van der Waals surface area contributed by atoms with Crippen LogP contribution in [0.1, 0.15) is 25.8 Å². The Hall–Kier alpha value is -1.66. The Morgan fingerprint density at radius 2 is 2.15 bits per heavy atom. The highest BCUT2D eigenvalue weighted by Crippen LogP contribution is 2.22. The molecule has 0 fully saturated rings. The predicted molar refractivity (Wildman–Crippen MR) is 75.8 cm³/mol. The number of non-ortho nitro benzene ring substituents is 1. The Kier molecular flexibility index (Phi) is 5.47. The van der Waals surface area contributed by atoms with E-state index < -0.39 is 16.3 Å². The molecular weight excluding hydrogens is 284 g/mol. The van der Waals surface area contributed by atoms with Crippen LogP contribution in [-0.2, 0) is 11.3 Å². The van der Waals surface area contributed by atoms with Crippen LogP contribution in [0.15, 0.2) is 18.2 Å². The third-order valence-electron chi connectivity index (χ3n) is 3.06. The first-order chi connectivity index (χ1) is 9.24. The molecule has 0 aliphatic carbocycles. The molecule has 110 valence electrons. The van der Waals surface area contributed by atoms with E-state index in [9.17, 15) is 14.9 Å². The summed E-state index contributed by atoms with van der Waals surface area (Å²) in [6, 6.07) is 4.24. The largest absolute Gasteiger partial charge is 0.481 e. The van der Waals surface area contributed by atoms with Crippen molar-refractivity contribution in [3.8, 4) is 0 Å². The summed E-state index contributed by atoms with van der Waals surface area (Å²) < 4.78 is 0. The molecule has 0 aromatic heterocycles. The number of carbonyl (C=O) groups is 1. The zero-order chi connectivity index (χ0) is 15.3. The molecular formula is C13H17ClN2O4. The lowest BCUT2D eigenvalue weighted by Crippen LogP contribution is -2.28. The molecule has 6 nitrogen and oxygen atoms in total. The van der Waals surface area contributed by atoms with Gasteiger partial charge in [0.1, 0.15) is 0 Å². The summed E-state index contributed by atoms with van der Waals surface area (Å²) in [6.07, 6.45) is 0.453. The van der Waals surface area contributed by atoms with Crippen LogP contribution in [0, 0.1) is 15.5 Å². The molecule has 0 radical (unpaired) electrons. The fourth-order valence-electron chi connectivity index (χ4n) is 1.54. The average molecular weight is 301 g/mol. The number of carboxylic acids is 1. The number of benzene rings is 1. The van der Waals surface area contributed by atoms with Gasteiger partial charge in [0.05, 0.1) is 10.3 Å². The van der Waals surface area contributed by atoms with Crippen molar-refractivity contribution >= 4 is 23.3 Å². The van der Waals surface area contributed by atoms with Gasteiger partial charge in [0.2, 0.25) is 0 Å². The number of rotatable bonds is 7. The first kappa shape index (κ1) is 16.4. The summed E-state index contributed by atoms with van der Waals surface area (Å²) in [5, 5.41) is 23.1. The fraction of sp³-hybridized carbons (Fsp3) is 0.462. The van der Waals surface area contributed by atoms with Gasteiger partial charge in [-0.1, -0.05) is 11.6 Å². The minimum atomic E-state index is -0.854. The predicted octanol–water partition coefficient (Wildman–Crippen LogP) is 2.84. The van der Waals surface area contributed by atoms with Gasteiger partial charge in [0, 0.05) is 23.7 Å². The zero-order valence-electron chi connectivity index (χ0n) is 11.4. The van der Waals surface area contributed by atoms with Gasteiger partial charge in [0.15, 0.2) is 0 Å². The lowest BCUT2D eigenvalue weighted by atomic mass is 9.90. The van der Waals surface area contributed by atoms with Gasteiger partial charge >= 0.3 is 5.97 Å². The maximum absolute atomic E-state index is 10.9. The number of nitro groups is 1. The Morgan fingerprint density at radius 1 is 1.50 bits per heavy atom. The molecule has 1 aromatic carbocycles. The van der Waals surface area contributed by atoms with Crippen molar-refractivity contribution < 1.29 is 14.8 Å². The van der Waals surface area contributed by atoms with Crippen molar-refractivity contribution in [1.82, 2.24) is 5.32 Å². The van der Waals surface area contributed by atoms with E-state index >= 15 is 0 Å². The highest BCUT2D eigenvalue weighted by atomic mass is 35.5. The van der Waals surface area contributed by atoms with E-state index in [4.69, 9.17) is 16.7 Å². The Labute approximate surface area is 121 Å². The molecule has 0 aliphatic heterocycles. The second-order valence-corrected chi connectivity index (χ2v) is 5.56. The molecule has 0 bridgehead atoms. The Morgan fingerprint density at radius 3 is 2.70 bits per heavy atom. The molecule has 0 amide bonds. The zero-order valence-corrected chi connectivity index (χ0v) is 12.1. The summed E-state index contributed by atoms with van der Waals surface area (Å²) >= 11 is 5.96. The fourth-order valence-corrected chi connectivity index (χ4v) is 1.73. The summed E-state index contributed by atoms with van der Waals surface area (Å²) in [7, 11) is 0. The Balaban J connectivity index is 2.56. The first-order valence-corrected chi connectivity index (χ1v) is 6.49. The summed E-state index contributed by atoms with van der Waals surface area (Å²) in [4.78, 5) is 21.1. The van der Waals surface area contributed by atoms with Crippen LogP contribution >= 0.6 is 11.6 Å². The molecule has 0 saturated carbocycles. The van der Waals surface area contributed by atoms with Gasteiger partial charge in [-0.2, -0.15) is 0 Å². The van der Waals surface area contributed by atoms with Crippen molar-refractivity contribution in [3.63, 3.8) is 0 Å². The first-order valence-electron chi connectivity index (χ1n) is 6.11. The number of hydrogen-bond donors (Lipinski definition) is 2. The minimum Gasteiger partial charge on any atom is -0.481 e. The van der Waals surface area contributed by atoms with Crippen LogP contribution < -0.4 is 5.32 Å². The normalized spacial score (nSPS) is 11.3. The number of nitrogens with zero attached hydrogens (tertiary/aromatic N) is 1. The van der Waals surface area contributed by atoms with E-state index in [0.717, 1.165) is 0 Å². The van der Waals surface area contributed by atoms with Crippen LogP contribution in [0.3, 0.4) is 0 Å². The third kappa shape index (κ3) is 4.47. The van der Waals surface area contributed by atoms with Crippen LogP contribution in [-0.4, -0.2) is 22.5 Å². The molecule has 0 unspecified atom stereocenters. The molecule has 0 spiro atoms. The summed E-state index contributed by atoms with van der Waals surface area (Å²) in [6.45, 7) is 4.14. The number of aliphatic carboxylic acids is 1. The third-order valence-corrected chi connectivity index (χ3v) is 3.43. The smallest absolute Gasteiger partial charge is 0.309 e. The van der Waals surface area contributed by atoms with Crippen LogP contribution in [0.5, 0.6) is 0 Å². The van der Waals surface area contributed by atoms with Crippen molar-refractivity contribution in [1.29, 1.82) is 0 Å². The van der Waals surface area contributed by atoms with E-state index in [1.807, 2.05) is 0 Å². The number of carboxylic acid groups (broad SMARTS) is 1. The summed E-state index contributed by atoms with van der Waals surface area (Å²) in [5.41, 5.74) is -0.203. The van der Waals surface area contributed by atoms with Crippen molar-refractivity contribution in [2.75, 3.05) is 6.54 Å². The number of nitro benzene ring substituents is 1. The van der Waals surface area contributed by atoms with Crippen LogP contribution in [0.2, 0.25) is 5.02 Å². The number of hydrogen-bond acceptors (Lipinski definition) is 4. The van der Waals surface area contributed by atoms with E-state index in [1.165, 1.54) is 18.2 Å². The molecule has 2 N–H and O–H groups in total. The van der Waals surface area contributed by atoms with Gasteiger partial charge in [-0.25, -0.2) is 0 Å². The molecule has 0 aliphatic rings. The molecule has 0 atom stereocenters.